The molecule has 174 valence electrons. The number of carbonyl (C=O) groups is 3. The van der Waals surface area contributed by atoms with E-state index in [0.29, 0.717) is 19.3 Å². The largest absolute Gasteiger partial charge is 0.460 e. The Morgan fingerprint density at radius 2 is 2.00 bits per heavy atom. The number of allylic oxidation sites excluding steroid dienone is 2. The van der Waals surface area contributed by atoms with Gasteiger partial charge in [-0.05, 0) is 44.9 Å². The molecule has 0 aromatic heterocycles. The van der Waals surface area contributed by atoms with Crippen LogP contribution in [0.15, 0.2) is 12.2 Å². The second-order valence-electron chi connectivity index (χ2n) is 8.41. The van der Waals surface area contributed by atoms with Gasteiger partial charge in [0, 0.05) is 24.7 Å². The summed E-state index contributed by atoms with van der Waals surface area (Å²) in [7, 11) is 0. The van der Waals surface area contributed by atoms with E-state index >= 15 is 0 Å². The highest BCUT2D eigenvalue weighted by atomic mass is 16.6. The lowest BCUT2D eigenvalue weighted by Gasteiger charge is -2.19. The van der Waals surface area contributed by atoms with Gasteiger partial charge in [-0.15, -0.1) is 12.3 Å². The topological polar surface area (TPSA) is 101 Å². The van der Waals surface area contributed by atoms with Gasteiger partial charge in [-0.1, -0.05) is 44.8 Å². The van der Waals surface area contributed by atoms with Gasteiger partial charge in [-0.3, -0.25) is 9.59 Å². The van der Waals surface area contributed by atoms with Gasteiger partial charge in [0.05, 0.1) is 6.61 Å². The van der Waals surface area contributed by atoms with Crippen molar-refractivity contribution in [2.45, 2.75) is 90.3 Å². The van der Waals surface area contributed by atoms with Crippen LogP contribution in [0.2, 0.25) is 0 Å². The predicted molar refractivity (Wildman–Crippen MR) is 119 cm³/mol. The van der Waals surface area contributed by atoms with Gasteiger partial charge in [0.25, 0.3) is 5.78 Å². The molecule has 0 aliphatic heterocycles. The maximum Gasteiger partial charge on any atom is 0.380 e. The van der Waals surface area contributed by atoms with Crippen molar-refractivity contribution in [1.29, 1.82) is 0 Å². The van der Waals surface area contributed by atoms with Crippen LogP contribution in [0.4, 0.5) is 0 Å². The van der Waals surface area contributed by atoms with E-state index in [1.165, 1.54) is 6.92 Å². The predicted octanol–water partition coefficient (Wildman–Crippen LogP) is 3.73. The molecule has 1 saturated carbocycles. The fraction of sp³-hybridized carbons (Fsp3) is 0.720. The molecule has 0 amide bonds. The zero-order valence-corrected chi connectivity index (χ0v) is 19.0. The van der Waals surface area contributed by atoms with Gasteiger partial charge in [0.15, 0.2) is 0 Å². The van der Waals surface area contributed by atoms with Crippen molar-refractivity contribution in [3.8, 4) is 12.3 Å². The summed E-state index contributed by atoms with van der Waals surface area (Å²) in [5.74, 6) is -1.67. The number of hydrogen-bond acceptors (Lipinski definition) is 6. The van der Waals surface area contributed by atoms with Crippen LogP contribution in [-0.4, -0.2) is 40.1 Å². The molecule has 1 fully saturated rings. The molecule has 1 rings (SSSR count). The number of hydrogen-bond donors (Lipinski definition) is 2. The Morgan fingerprint density at radius 3 is 2.65 bits per heavy atom. The van der Waals surface area contributed by atoms with Crippen molar-refractivity contribution in [2.24, 2.45) is 17.8 Å². The van der Waals surface area contributed by atoms with Crippen molar-refractivity contribution in [3.05, 3.63) is 12.2 Å². The van der Waals surface area contributed by atoms with Crippen LogP contribution < -0.4 is 0 Å². The van der Waals surface area contributed by atoms with Crippen LogP contribution in [0.25, 0.3) is 0 Å². The lowest BCUT2D eigenvalue weighted by molar-refractivity contribution is -0.193. The molecule has 3 atom stereocenters. The second kappa shape index (κ2) is 14.2. The molecule has 0 aromatic rings. The van der Waals surface area contributed by atoms with Gasteiger partial charge >= 0.3 is 5.97 Å². The van der Waals surface area contributed by atoms with E-state index in [1.807, 2.05) is 0 Å². The molecule has 0 heterocycles. The summed E-state index contributed by atoms with van der Waals surface area (Å²) in [6.07, 6.45) is 17.7. The molecule has 0 unspecified atom stereocenters. The summed E-state index contributed by atoms with van der Waals surface area (Å²) in [5, 5.41) is 19.6. The van der Waals surface area contributed by atoms with Crippen molar-refractivity contribution in [3.63, 3.8) is 0 Å². The third-order valence-corrected chi connectivity index (χ3v) is 5.97. The Kier molecular flexibility index (Phi) is 12.4. The maximum atomic E-state index is 12.3. The van der Waals surface area contributed by atoms with Crippen molar-refractivity contribution < 1.29 is 29.3 Å². The van der Waals surface area contributed by atoms with Gasteiger partial charge in [-0.25, -0.2) is 4.79 Å². The van der Waals surface area contributed by atoms with E-state index in [0.717, 1.165) is 44.9 Å². The first-order valence-corrected chi connectivity index (χ1v) is 11.6. The lowest BCUT2D eigenvalue weighted by Crippen LogP contribution is -2.43. The number of esters is 1. The fourth-order valence-corrected chi connectivity index (χ4v) is 4.06. The monoisotopic (exact) mass is 434 g/mol. The SMILES string of the molecule is C#C[C@@H](CC=C[C@H]1CCC(=O)[C@@H]1CCCCCC(O)(O)C(=O)C(=O)OCC)CCCC. The summed E-state index contributed by atoms with van der Waals surface area (Å²) in [4.78, 5) is 35.4. The van der Waals surface area contributed by atoms with E-state index in [2.05, 4.69) is 29.7 Å². The molecule has 2 N–H and O–H groups in total. The summed E-state index contributed by atoms with van der Waals surface area (Å²) in [5.41, 5.74) is 0. The Labute approximate surface area is 186 Å². The molecule has 6 heteroatoms. The second-order valence-corrected chi connectivity index (χ2v) is 8.41. The van der Waals surface area contributed by atoms with Crippen LogP contribution in [0.5, 0.6) is 0 Å². The van der Waals surface area contributed by atoms with Crippen LogP contribution in [0.3, 0.4) is 0 Å². The fourth-order valence-electron chi connectivity index (χ4n) is 4.06. The molecule has 31 heavy (non-hydrogen) atoms. The molecule has 0 bridgehead atoms. The highest BCUT2D eigenvalue weighted by Crippen LogP contribution is 2.34. The van der Waals surface area contributed by atoms with Crippen molar-refractivity contribution in [1.82, 2.24) is 0 Å². The summed E-state index contributed by atoms with van der Waals surface area (Å²) in [6.45, 7) is 3.68. The van der Waals surface area contributed by atoms with Crippen LogP contribution in [0, 0.1) is 30.1 Å². The van der Waals surface area contributed by atoms with E-state index in [4.69, 9.17) is 6.42 Å². The Balaban J connectivity index is 2.41. The first-order chi connectivity index (χ1) is 14.8. The molecular weight excluding hydrogens is 396 g/mol. The van der Waals surface area contributed by atoms with E-state index < -0.39 is 17.5 Å². The van der Waals surface area contributed by atoms with Gasteiger partial charge in [-0.2, -0.15) is 0 Å². The molecule has 0 spiro atoms. The number of unbranched alkanes of at least 4 members (excludes halogenated alkanes) is 3. The highest BCUT2D eigenvalue weighted by molar-refractivity contribution is 6.36. The van der Waals surface area contributed by atoms with Gasteiger partial charge in [0.1, 0.15) is 5.78 Å². The average molecular weight is 435 g/mol. The zero-order chi connectivity index (χ0) is 23.3. The summed E-state index contributed by atoms with van der Waals surface area (Å²) >= 11 is 0. The Bertz CT molecular complexity index is 657. The number of terminal acetylenes is 1. The number of aliphatic hydroxyl groups is 2. The molecule has 6 nitrogen and oxygen atoms in total. The average Bonchev–Trinajstić information content (AvgIpc) is 3.09. The standard InChI is InChI=1S/C25H38O6/c1-4-7-12-19(5-2)13-11-14-20-16-17-22(26)21(20)15-9-8-10-18-25(29,30)23(27)24(28)31-6-3/h2,11,14,19-21,29-30H,4,6-10,12-13,15-18H2,1,3H3/t19-,20+,21-/m1/s1. The van der Waals surface area contributed by atoms with Gasteiger partial charge < -0.3 is 14.9 Å². The van der Waals surface area contributed by atoms with Crippen molar-refractivity contribution in [2.75, 3.05) is 6.61 Å². The van der Waals surface area contributed by atoms with Crippen LogP contribution in [-0.2, 0) is 19.1 Å². The van der Waals surface area contributed by atoms with Crippen LogP contribution >= 0.6 is 0 Å². The number of ketones is 2. The number of ether oxygens (including phenoxy) is 1. The smallest absolute Gasteiger partial charge is 0.380 e. The summed E-state index contributed by atoms with van der Waals surface area (Å²) < 4.78 is 4.52. The number of Topliss-reactive ketones (excluding diaryl/α,β-unsaturated/α-hetero) is 2. The zero-order valence-electron chi connectivity index (χ0n) is 19.0. The molecule has 0 aromatic carbocycles. The minimum absolute atomic E-state index is 0.00614. The molecule has 0 radical (unpaired) electrons. The molecule has 1 aliphatic rings. The minimum atomic E-state index is -2.70. The van der Waals surface area contributed by atoms with E-state index in [-0.39, 0.29) is 36.6 Å². The third-order valence-electron chi connectivity index (χ3n) is 5.97. The lowest BCUT2D eigenvalue weighted by atomic mass is 9.88. The number of rotatable bonds is 15. The normalized spacial score (nSPS) is 20.0. The van der Waals surface area contributed by atoms with Crippen molar-refractivity contribution >= 4 is 17.5 Å². The van der Waals surface area contributed by atoms with Crippen LogP contribution in [0.1, 0.15) is 84.5 Å². The molecule has 0 saturated heterocycles. The minimum Gasteiger partial charge on any atom is -0.460 e. The maximum absolute atomic E-state index is 12.3. The first-order valence-electron chi connectivity index (χ1n) is 11.6. The number of carbonyl (C=O) groups excluding carboxylic acids is 3. The molecule has 1 aliphatic carbocycles. The first kappa shape index (κ1) is 27.1. The van der Waals surface area contributed by atoms with Gasteiger partial charge in [0.2, 0.25) is 5.79 Å². The Hall–Kier alpha value is -1.97. The highest BCUT2D eigenvalue weighted by Gasteiger charge is 2.38. The Morgan fingerprint density at radius 1 is 1.26 bits per heavy atom. The molecular formula is C25H38O6. The third kappa shape index (κ3) is 9.37. The summed E-state index contributed by atoms with van der Waals surface area (Å²) in [6, 6.07) is 0. The van der Waals surface area contributed by atoms with E-state index in [1.54, 1.807) is 0 Å². The quantitative estimate of drug-likeness (QED) is 0.102. The van der Waals surface area contributed by atoms with E-state index in [9.17, 15) is 24.6 Å².